The summed E-state index contributed by atoms with van der Waals surface area (Å²) in [6.45, 7) is 9.07. The summed E-state index contributed by atoms with van der Waals surface area (Å²) in [5.41, 5.74) is 0.779. The van der Waals surface area contributed by atoms with E-state index in [4.69, 9.17) is 4.74 Å². The lowest BCUT2D eigenvalue weighted by molar-refractivity contribution is -0.181. The number of aliphatic hydroxyl groups excluding tert-OH is 1. The Kier molecular flexibility index (Phi) is 3.21. The molecule has 0 amide bonds. The monoisotopic (exact) mass is 332 g/mol. The molecule has 1 aliphatic heterocycles. The lowest BCUT2D eigenvalue weighted by atomic mass is 9.39. The van der Waals surface area contributed by atoms with Crippen molar-refractivity contribution in [1.29, 1.82) is 0 Å². The van der Waals surface area contributed by atoms with Gasteiger partial charge in [0.15, 0.2) is 0 Å². The molecule has 24 heavy (non-hydrogen) atoms. The lowest BCUT2D eigenvalue weighted by Gasteiger charge is -2.64. The minimum atomic E-state index is -0.657. The number of carbonyl (C=O) groups is 2. The van der Waals surface area contributed by atoms with Gasteiger partial charge < -0.3 is 9.84 Å². The van der Waals surface area contributed by atoms with E-state index < -0.39 is 11.5 Å². The molecule has 0 radical (unpaired) electrons. The highest BCUT2D eigenvalue weighted by atomic mass is 16.5. The largest absolute Gasteiger partial charge is 0.458 e. The molecule has 5 atom stereocenters. The third-order valence-corrected chi connectivity index (χ3v) is 7.97. The molecule has 3 aliphatic carbocycles. The highest BCUT2D eigenvalue weighted by molar-refractivity contribution is 6.01. The first kappa shape index (κ1) is 16.3. The van der Waals surface area contributed by atoms with Gasteiger partial charge in [0.2, 0.25) is 0 Å². The van der Waals surface area contributed by atoms with Crippen LogP contribution < -0.4 is 0 Å². The number of Topliss-reactive ketones (excluding diaryl/α,β-unsaturated/α-hetero) is 1. The van der Waals surface area contributed by atoms with Gasteiger partial charge in [-0.3, -0.25) is 4.79 Å². The molecule has 0 saturated heterocycles. The molecular weight excluding hydrogens is 304 g/mol. The molecule has 0 aromatic carbocycles. The number of cyclic esters (lactones) is 1. The predicted molar refractivity (Wildman–Crippen MR) is 89.1 cm³/mol. The fourth-order valence-electron chi connectivity index (χ4n) is 6.89. The fourth-order valence-corrected chi connectivity index (χ4v) is 6.89. The number of carbonyl (C=O) groups excluding carboxylic acids is 2. The normalized spacial score (nSPS) is 47.0. The van der Waals surface area contributed by atoms with Crippen LogP contribution in [0.5, 0.6) is 0 Å². The van der Waals surface area contributed by atoms with Crippen LogP contribution in [0.4, 0.5) is 0 Å². The highest BCUT2D eigenvalue weighted by Gasteiger charge is 2.67. The third-order valence-electron chi connectivity index (χ3n) is 7.97. The Hall–Kier alpha value is -1.16. The molecule has 2 saturated carbocycles. The van der Waals surface area contributed by atoms with Crippen molar-refractivity contribution in [3.63, 3.8) is 0 Å². The predicted octanol–water partition coefficient (Wildman–Crippen LogP) is 3.03. The zero-order valence-corrected chi connectivity index (χ0v) is 15.1. The summed E-state index contributed by atoms with van der Waals surface area (Å²) >= 11 is 0. The van der Waals surface area contributed by atoms with Crippen molar-refractivity contribution in [2.75, 3.05) is 6.61 Å². The minimum Gasteiger partial charge on any atom is -0.458 e. The quantitative estimate of drug-likeness (QED) is 0.693. The summed E-state index contributed by atoms with van der Waals surface area (Å²) in [5.74, 6) is -0.122. The van der Waals surface area contributed by atoms with Crippen LogP contribution in [0.2, 0.25) is 0 Å². The molecule has 132 valence electrons. The summed E-state index contributed by atoms with van der Waals surface area (Å²) in [6.07, 6.45) is 3.59. The van der Waals surface area contributed by atoms with E-state index in [2.05, 4.69) is 20.8 Å². The Morgan fingerprint density at radius 3 is 2.54 bits per heavy atom. The fraction of sp³-hybridized carbons (Fsp3) is 0.800. The van der Waals surface area contributed by atoms with Gasteiger partial charge in [0, 0.05) is 23.3 Å². The van der Waals surface area contributed by atoms with Crippen molar-refractivity contribution < 1.29 is 19.4 Å². The Balaban J connectivity index is 1.89. The zero-order chi connectivity index (χ0) is 17.5. The summed E-state index contributed by atoms with van der Waals surface area (Å²) in [5, 5.41) is 11.1. The van der Waals surface area contributed by atoms with E-state index in [1.807, 2.05) is 6.92 Å². The molecule has 0 aromatic heterocycles. The summed E-state index contributed by atoms with van der Waals surface area (Å²) in [6, 6.07) is 0. The van der Waals surface area contributed by atoms with E-state index in [1.54, 1.807) is 0 Å². The van der Waals surface area contributed by atoms with Gasteiger partial charge in [-0.25, -0.2) is 4.79 Å². The smallest absolute Gasteiger partial charge is 0.334 e. The van der Waals surface area contributed by atoms with Gasteiger partial charge in [-0.05, 0) is 41.6 Å². The topological polar surface area (TPSA) is 63.6 Å². The van der Waals surface area contributed by atoms with Crippen LogP contribution in [0.3, 0.4) is 0 Å². The van der Waals surface area contributed by atoms with Crippen molar-refractivity contribution in [1.82, 2.24) is 0 Å². The van der Waals surface area contributed by atoms with E-state index >= 15 is 0 Å². The number of esters is 1. The molecule has 1 N–H and O–H groups in total. The minimum absolute atomic E-state index is 0.114. The number of rotatable bonds is 0. The zero-order valence-electron chi connectivity index (χ0n) is 15.1. The average molecular weight is 332 g/mol. The SMILES string of the molecule is CC1(C)CCC[C@]2(C)[C@H]3C(=O)CC4=C(COC4=O)[C@]3(C)[C@@H](O)C[C@@H]12. The maximum absolute atomic E-state index is 13.2. The highest BCUT2D eigenvalue weighted by Crippen LogP contribution is 2.67. The second kappa shape index (κ2) is 4.72. The number of hydrogen-bond acceptors (Lipinski definition) is 4. The lowest BCUT2D eigenvalue weighted by Crippen LogP contribution is -2.64. The van der Waals surface area contributed by atoms with E-state index in [0.717, 1.165) is 24.8 Å². The van der Waals surface area contributed by atoms with Crippen LogP contribution in [0.1, 0.15) is 59.8 Å². The Morgan fingerprint density at radius 2 is 1.83 bits per heavy atom. The molecule has 1 heterocycles. The number of fused-ring (bicyclic) bond motifs is 4. The van der Waals surface area contributed by atoms with Crippen molar-refractivity contribution in [2.45, 2.75) is 65.9 Å². The number of ether oxygens (including phenoxy) is 1. The second-order valence-corrected chi connectivity index (χ2v) is 9.54. The van der Waals surface area contributed by atoms with Crippen molar-refractivity contribution in [2.24, 2.45) is 28.1 Å². The number of ketones is 1. The van der Waals surface area contributed by atoms with Crippen molar-refractivity contribution >= 4 is 11.8 Å². The molecule has 0 bridgehead atoms. The van der Waals surface area contributed by atoms with Gasteiger partial charge in [0.05, 0.1) is 6.10 Å². The first-order valence-corrected chi connectivity index (χ1v) is 9.23. The van der Waals surface area contributed by atoms with E-state index in [0.29, 0.717) is 17.9 Å². The van der Waals surface area contributed by atoms with E-state index in [-0.39, 0.29) is 41.5 Å². The Bertz CT molecular complexity index is 661. The molecule has 2 fully saturated rings. The second-order valence-electron chi connectivity index (χ2n) is 9.54. The molecule has 0 unspecified atom stereocenters. The average Bonchev–Trinajstić information content (AvgIpc) is 2.83. The first-order valence-electron chi connectivity index (χ1n) is 9.23. The third kappa shape index (κ3) is 1.78. The van der Waals surface area contributed by atoms with Crippen LogP contribution in [0.25, 0.3) is 0 Å². The number of hydrogen-bond donors (Lipinski definition) is 1. The van der Waals surface area contributed by atoms with Gasteiger partial charge in [0.25, 0.3) is 0 Å². The van der Waals surface area contributed by atoms with Gasteiger partial charge in [-0.15, -0.1) is 0 Å². The molecular formula is C20H28O4. The molecule has 4 nitrogen and oxygen atoms in total. The van der Waals surface area contributed by atoms with Crippen LogP contribution in [0.15, 0.2) is 11.1 Å². The Labute approximate surface area is 143 Å². The summed E-state index contributed by atoms with van der Waals surface area (Å²) in [7, 11) is 0. The molecule has 4 rings (SSSR count). The molecule has 0 aromatic rings. The summed E-state index contributed by atoms with van der Waals surface area (Å²) < 4.78 is 5.24. The van der Waals surface area contributed by atoms with Crippen molar-refractivity contribution in [3.8, 4) is 0 Å². The van der Waals surface area contributed by atoms with E-state index in [1.165, 1.54) is 0 Å². The molecule has 4 heteroatoms. The van der Waals surface area contributed by atoms with Gasteiger partial charge in [-0.1, -0.05) is 34.1 Å². The molecule has 4 aliphatic rings. The standard InChI is InChI=1S/C20H28O4/c1-18(2)6-5-7-19(3)14(18)9-15(22)20(4)12-10-24-17(23)11(12)8-13(21)16(19)20/h14-16,22H,5-10H2,1-4H3/t14-,15-,16+,19-,20+/m0/s1. The van der Waals surface area contributed by atoms with Gasteiger partial charge in [-0.2, -0.15) is 0 Å². The van der Waals surface area contributed by atoms with Crippen LogP contribution in [0, 0.1) is 28.1 Å². The number of aliphatic hydroxyl groups is 1. The maximum Gasteiger partial charge on any atom is 0.334 e. The first-order chi connectivity index (χ1) is 11.1. The maximum atomic E-state index is 13.2. The van der Waals surface area contributed by atoms with Gasteiger partial charge >= 0.3 is 5.97 Å². The molecule has 0 spiro atoms. The van der Waals surface area contributed by atoms with Crippen LogP contribution in [-0.4, -0.2) is 29.6 Å². The summed E-state index contributed by atoms with van der Waals surface area (Å²) in [4.78, 5) is 25.2. The Morgan fingerprint density at radius 1 is 1.12 bits per heavy atom. The van der Waals surface area contributed by atoms with E-state index in [9.17, 15) is 14.7 Å². The van der Waals surface area contributed by atoms with Crippen LogP contribution in [-0.2, 0) is 14.3 Å². The van der Waals surface area contributed by atoms with Gasteiger partial charge in [0.1, 0.15) is 12.4 Å². The van der Waals surface area contributed by atoms with Crippen molar-refractivity contribution in [3.05, 3.63) is 11.1 Å². The van der Waals surface area contributed by atoms with Crippen LogP contribution >= 0.6 is 0 Å².